The Morgan fingerprint density at radius 3 is 2.67 bits per heavy atom. The predicted molar refractivity (Wildman–Crippen MR) is 83.9 cm³/mol. The van der Waals surface area contributed by atoms with E-state index in [4.69, 9.17) is 16.3 Å². The number of halogens is 1. The van der Waals surface area contributed by atoms with E-state index in [0.717, 1.165) is 5.56 Å². The van der Waals surface area contributed by atoms with Crippen LogP contribution >= 0.6 is 11.6 Å². The lowest BCUT2D eigenvalue weighted by molar-refractivity contribution is -0.136. The highest BCUT2D eigenvalue weighted by Gasteiger charge is 2.12. The third-order valence-corrected chi connectivity index (χ3v) is 2.90. The first-order valence-electron chi connectivity index (χ1n) is 6.51. The van der Waals surface area contributed by atoms with Crippen molar-refractivity contribution in [2.45, 2.75) is 6.92 Å². The largest absolute Gasteiger partial charge is 0.462 e. The third-order valence-electron chi connectivity index (χ3n) is 2.67. The number of nitrogens with one attached hydrogen (secondary N) is 1. The summed E-state index contributed by atoms with van der Waals surface area (Å²) in [5, 5.41) is 3.53. The first-order valence-corrected chi connectivity index (χ1v) is 6.89. The normalized spacial score (nSPS) is 11.0. The fourth-order valence-electron chi connectivity index (χ4n) is 1.69. The summed E-state index contributed by atoms with van der Waals surface area (Å²) >= 11 is 5.78. The summed E-state index contributed by atoms with van der Waals surface area (Å²) in [4.78, 5) is 16.2. The minimum Gasteiger partial charge on any atom is -0.462 e. The minimum atomic E-state index is -0.384. The van der Waals surface area contributed by atoms with Crippen molar-refractivity contribution in [2.24, 2.45) is 0 Å². The van der Waals surface area contributed by atoms with Gasteiger partial charge in [0.1, 0.15) is 5.82 Å². The number of benzene rings is 1. The molecule has 5 heteroatoms. The molecule has 0 aliphatic carbocycles. The van der Waals surface area contributed by atoms with Crippen LogP contribution in [0.15, 0.2) is 54.9 Å². The Labute approximate surface area is 128 Å². The SMILES string of the molecule is CCOC(=O)/C(=C\Nc1ccc(Cl)cn1)c1ccccc1. The molecule has 1 aromatic heterocycles. The zero-order valence-electron chi connectivity index (χ0n) is 11.5. The molecule has 0 saturated heterocycles. The number of hydrogen-bond acceptors (Lipinski definition) is 4. The van der Waals surface area contributed by atoms with E-state index < -0.39 is 0 Å². The number of aromatic nitrogens is 1. The summed E-state index contributed by atoms with van der Waals surface area (Å²) in [6.45, 7) is 2.09. The van der Waals surface area contributed by atoms with Crippen LogP contribution in [0.3, 0.4) is 0 Å². The Morgan fingerprint density at radius 2 is 2.05 bits per heavy atom. The molecular weight excluding hydrogens is 288 g/mol. The topological polar surface area (TPSA) is 51.2 Å². The molecule has 2 aromatic rings. The van der Waals surface area contributed by atoms with Crippen molar-refractivity contribution in [3.05, 3.63) is 65.4 Å². The van der Waals surface area contributed by atoms with Crippen molar-refractivity contribution < 1.29 is 9.53 Å². The van der Waals surface area contributed by atoms with E-state index in [1.807, 2.05) is 30.3 Å². The molecule has 0 radical (unpaired) electrons. The van der Waals surface area contributed by atoms with Gasteiger partial charge < -0.3 is 10.1 Å². The van der Waals surface area contributed by atoms with E-state index in [2.05, 4.69) is 10.3 Å². The average Bonchev–Trinajstić information content (AvgIpc) is 2.51. The Bertz CT molecular complexity index is 624. The highest BCUT2D eigenvalue weighted by molar-refractivity contribution is 6.30. The summed E-state index contributed by atoms with van der Waals surface area (Å²) in [5.74, 6) is 0.210. The number of carbonyl (C=O) groups is 1. The summed E-state index contributed by atoms with van der Waals surface area (Å²) < 4.78 is 5.08. The van der Waals surface area contributed by atoms with Crippen molar-refractivity contribution in [1.29, 1.82) is 0 Å². The lowest BCUT2D eigenvalue weighted by Crippen LogP contribution is -2.08. The van der Waals surface area contributed by atoms with Crippen LogP contribution in [0.25, 0.3) is 5.57 Å². The van der Waals surface area contributed by atoms with Crippen LogP contribution in [0.2, 0.25) is 5.02 Å². The maximum atomic E-state index is 12.0. The number of carbonyl (C=O) groups excluding carboxylic acids is 1. The van der Waals surface area contributed by atoms with E-state index in [1.165, 1.54) is 6.20 Å². The lowest BCUT2D eigenvalue weighted by atomic mass is 10.1. The van der Waals surface area contributed by atoms with Gasteiger partial charge in [-0.15, -0.1) is 0 Å². The number of hydrogen-bond donors (Lipinski definition) is 1. The molecule has 0 fully saturated rings. The molecule has 0 saturated carbocycles. The van der Waals surface area contributed by atoms with Crippen LogP contribution < -0.4 is 5.32 Å². The fourth-order valence-corrected chi connectivity index (χ4v) is 1.81. The molecule has 0 bridgehead atoms. The summed E-state index contributed by atoms with van der Waals surface area (Å²) in [5.41, 5.74) is 1.21. The number of ether oxygens (including phenoxy) is 1. The van der Waals surface area contributed by atoms with Crippen LogP contribution in [0.5, 0.6) is 0 Å². The lowest BCUT2D eigenvalue weighted by Gasteiger charge is -2.08. The molecule has 2 rings (SSSR count). The van der Waals surface area contributed by atoms with Gasteiger partial charge in [0.15, 0.2) is 0 Å². The van der Waals surface area contributed by atoms with Crippen LogP contribution in [0.4, 0.5) is 5.82 Å². The summed E-state index contributed by atoms with van der Waals surface area (Å²) in [7, 11) is 0. The van der Waals surface area contributed by atoms with Gasteiger partial charge >= 0.3 is 5.97 Å². The molecule has 0 amide bonds. The summed E-state index contributed by atoms with van der Waals surface area (Å²) in [6.07, 6.45) is 3.12. The third kappa shape index (κ3) is 4.33. The standard InChI is InChI=1S/C16H15ClN2O2/c1-2-21-16(20)14(12-6-4-3-5-7-12)11-19-15-9-8-13(17)10-18-15/h3-11H,2H2,1H3,(H,18,19)/b14-11-. The van der Waals surface area contributed by atoms with Gasteiger partial charge in [-0.3, -0.25) is 0 Å². The van der Waals surface area contributed by atoms with Gasteiger partial charge in [0, 0.05) is 12.4 Å². The van der Waals surface area contributed by atoms with Gasteiger partial charge in [0.05, 0.1) is 17.2 Å². The number of anilines is 1. The average molecular weight is 303 g/mol. The minimum absolute atomic E-state index is 0.322. The first-order chi connectivity index (χ1) is 10.2. The van der Waals surface area contributed by atoms with Gasteiger partial charge in [-0.05, 0) is 24.6 Å². The number of pyridine rings is 1. The Morgan fingerprint density at radius 1 is 1.29 bits per heavy atom. The van der Waals surface area contributed by atoms with Crippen molar-refractivity contribution >= 4 is 29.0 Å². The predicted octanol–water partition coefficient (Wildman–Crippen LogP) is 3.75. The number of rotatable bonds is 5. The van der Waals surface area contributed by atoms with Crippen molar-refractivity contribution in [3.63, 3.8) is 0 Å². The zero-order valence-corrected chi connectivity index (χ0v) is 12.3. The molecule has 0 aliphatic rings. The Hall–Kier alpha value is -2.33. The molecular formula is C16H15ClN2O2. The molecule has 1 aromatic carbocycles. The van der Waals surface area contributed by atoms with Crippen molar-refractivity contribution in [1.82, 2.24) is 4.98 Å². The molecule has 21 heavy (non-hydrogen) atoms. The van der Waals surface area contributed by atoms with E-state index in [9.17, 15) is 4.79 Å². The Balaban J connectivity index is 2.24. The van der Waals surface area contributed by atoms with E-state index in [1.54, 1.807) is 25.3 Å². The fraction of sp³-hybridized carbons (Fsp3) is 0.125. The van der Waals surface area contributed by atoms with Crippen LogP contribution in [0, 0.1) is 0 Å². The molecule has 0 spiro atoms. The van der Waals surface area contributed by atoms with E-state index >= 15 is 0 Å². The zero-order chi connectivity index (χ0) is 15.1. The second-order valence-electron chi connectivity index (χ2n) is 4.15. The quantitative estimate of drug-likeness (QED) is 0.675. The van der Waals surface area contributed by atoms with Crippen molar-refractivity contribution in [2.75, 3.05) is 11.9 Å². The molecule has 0 unspecified atom stereocenters. The molecule has 0 aliphatic heterocycles. The summed E-state index contributed by atoms with van der Waals surface area (Å²) in [6, 6.07) is 12.8. The van der Waals surface area contributed by atoms with Crippen LogP contribution in [-0.4, -0.2) is 17.6 Å². The Kier molecular flexibility index (Phi) is 5.35. The smallest absolute Gasteiger partial charge is 0.340 e. The van der Waals surface area contributed by atoms with E-state index in [0.29, 0.717) is 23.0 Å². The molecule has 1 N–H and O–H groups in total. The van der Waals surface area contributed by atoms with Gasteiger partial charge in [0.2, 0.25) is 0 Å². The highest BCUT2D eigenvalue weighted by Crippen LogP contribution is 2.17. The van der Waals surface area contributed by atoms with Gasteiger partial charge in [-0.25, -0.2) is 9.78 Å². The monoisotopic (exact) mass is 302 g/mol. The van der Waals surface area contributed by atoms with Crippen LogP contribution in [-0.2, 0) is 9.53 Å². The van der Waals surface area contributed by atoms with Gasteiger partial charge in [-0.1, -0.05) is 41.9 Å². The second kappa shape index (κ2) is 7.45. The van der Waals surface area contributed by atoms with Gasteiger partial charge in [0.25, 0.3) is 0 Å². The van der Waals surface area contributed by atoms with Crippen molar-refractivity contribution in [3.8, 4) is 0 Å². The van der Waals surface area contributed by atoms with E-state index in [-0.39, 0.29) is 5.97 Å². The first kappa shape index (κ1) is 15.1. The maximum Gasteiger partial charge on any atom is 0.340 e. The molecule has 1 heterocycles. The molecule has 4 nitrogen and oxygen atoms in total. The number of esters is 1. The maximum absolute atomic E-state index is 12.0. The second-order valence-corrected chi connectivity index (χ2v) is 4.59. The molecule has 0 atom stereocenters. The molecule has 108 valence electrons. The van der Waals surface area contributed by atoms with Crippen LogP contribution in [0.1, 0.15) is 12.5 Å². The van der Waals surface area contributed by atoms with Gasteiger partial charge in [-0.2, -0.15) is 0 Å². The highest BCUT2D eigenvalue weighted by atomic mass is 35.5. The number of nitrogens with zero attached hydrogens (tertiary/aromatic N) is 1.